The molecule has 19 heavy (non-hydrogen) atoms. The van der Waals surface area contributed by atoms with Crippen LogP contribution in [0.25, 0.3) is 0 Å². The van der Waals surface area contributed by atoms with Gasteiger partial charge in [-0.2, -0.15) is 0 Å². The van der Waals surface area contributed by atoms with Gasteiger partial charge in [0.25, 0.3) is 0 Å². The van der Waals surface area contributed by atoms with Gasteiger partial charge in [-0.25, -0.2) is 0 Å². The van der Waals surface area contributed by atoms with E-state index in [1.54, 1.807) is 0 Å². The van der Waals surface area contributed by atoms with E-state index < -0.39 is 0 Å². The molecule has 1 aromatic rings. The Morgan fingerprint density at radius 1 is 1.53 bits per heavy atom. The minimum Gasteiger partial charge on any atom is -0.493 e. The van der Waals surface area contributed by atoms with Crippen molar-refractivity contribution in [2.24, 2.45) is 5.73 Å². The smallest absolute Gasteiger partial charge is 0.120 e. The summed E-state index contributed by atoms with van der Waals surface area (Å²) >= 11 is 3.55. The number of ether oxygens (including phenoxy) is 1. The molecule has 0 aromatic heterocycles. The molecule has 1 saturated heterocycles. The molecule has 1 aliphatic rings. The fourth-order valence-electron chi connectivity index (χ4n) is 2.62. The highest BCUT2D eigenvalue weighted by Gasteiger charge is 2.20. The zero-order chi connectivity index (χ0) is 13.8. The first-order valence-electron chi connectivity index (χ1n) is 6.96. The van der Waals surface area contributed by atoms with Gasteiger partial charge in [0, 0.05) is 16.6 Å². The van der Waals surface area contributed by atoms with Crippen LogP contribution in [0, 0.1) is 0 Å². The second kappa shape index (κ2) is 6.73. The molecule has 0 amide bonds. The van der Waals surface area contributed by atoms with Gasteiger partial charge in [0.15, 0.2) is 0 Å². The Morgan fingerprint density at radius 3 is 2.89 bits per heavy atom. The van der Waals surface area contributed by atoms with Crippen LogP contribution in [0.2, 0.25) is 0 Å². The topological polar surface area (TPSA) is 38.5 Å². The second-order valence-electron chi connectivity index (χ2n) is 5.39. The van der Waals surface area contributed by atoms with Crippen LogP contribution in [0.4, 0.5) is 0 Å². The van der Waals surface area contributed by atoms with E-state index in [9.17, 15) is 0 Å². The van der Waals surface area contributed by atoms with Crippen molar-refractivity contribution in [3.05, 3.63) is 28.2 Å². The van der Waals surface area contributed by atoms with Crippen molar-refractivity contribution in [3.63, 3.8) is 0 Å². The van der Waals surface area contributed by atoms with Gasteiger partial charge < -0.3 is 15.4 Å². The van der Waals surface area contributed by atoms with Crippen molar-refractivity contribution in [2.45, 2.75) is 38.3 Å². The van der Waals surface area contributed by atoms with Crippen molar-refractivity contribution in [2.75, 3.05) is 20.2 Å². The Hall–Kier alpha value is -0.580. The number of nitrogens with two attached hydrogens (primary N) is 1. The van der Waals surface area contributed by atoms with Crippen molar-refractivity contribution in [1.29, 1.82) is 0 Å². The van der Waals surface area contributed by atoms with E-state index in [1.165, 1.54) is 19.4 Å². The van der Waals surface area contributed by atoms with Crippen LogP contribution in [0.15, 0.2) is 22.7 Å². The van der Waals surface area contributed by atoms with E-state index in [0.29, 0.717) is 6.04 Å². The van der Waals surface area contributed by atoms with Crippen LogP contribution in [0.5, 0.6) is 5.75 Å². The average Bonchev–Trinajstić information content (AvgIpc) is 2.75. The molecule has 1 aromatic carbocycles. The third kappa shape index (κ3) is 3.94. The SMILES string of the molecule is C[C@@H](N)c1ccc(OCCC2CCCN2C)cc1Br. The number of halogens is 1. The molecule has 0 aliphatic carbocycles. The maximum Gasteiger partial charge on any atom is 0.120 e. The van der Waals surface area contributed by atoms with Crippen LogP contribution in [0.1, 0.15) is 37.8 Å². The highest BCUT2D eigenvalue weighted by molar-refractivity contribution is 9.10. The van der Waals surface area contributed by atoms with Gasteiger partial charge in [0.2, 0.25) is 0 Å². The maximum absolute atomic E-state index is 5.89. The molecular weight excluding hydrogens is 304 g/mol. The van der Waals surface area contributed by atoms with Crippen molar-refractivity contribution < 1.29 is 4.74 Å². The molecular formula is C15H23BrN2O. The third-order valence-corrected chi connectivity index (χ3v) is 4.54. The molecule has 0 radical (unpaired) electrons. The van der Waals surface area contributed by atoms with Crippen LogP contribution < -0.4 is 10.5 Å². The molecule has 4 heteroatoms. The zero-order valence-corrected chi connectivity index (χ0v) is 13.3. The number of likely N-dealkylation sites (tertiary alicyclic amines) is 1. The minimum atomic E-state index is 0.0376. The summed E-state index contributed by atoms with van der Waals surface area (Å²) in [5.74, 6) is 0.914. The fraction of sp³-hybridized carbons (Fsp3) is 0.600. The highest BCUT2D eigenvalue weighted by atomic mass is 79.9. The molecule has 1 fully saturated rings. The first-order chi connectivity index (χ1) is 9.08. The summed E-state index contributed by atoms with van der Waals surface area (Å²) in [4.78, 5) is 2.43. The number of hydrogen-bond donors (Lipinski definition) is 1. The predicted octanol–water partition coefficient (Wildman–Crippen LogP) is 3.33. The summed E-state index contributed by atoms with van der Waals surface area (Å²) < 4.78 is 6.86. The molecule has 3 nitrogen and oxygen atoms in total. The first kappa shape index (κ1) is 14.8. The van der Waals surface area contributed by atoms with Gasteiger partial charge in [-0.1, -0.05) is 22.0 Å². The molecule has 106 valence electrons. The van der Waals surface area contributed by atoms with Crippen molar-refractivity contribution >= 4 is 15.9 Å². The maximum atomic E-state index is 5.89. The summed E-state index contributed by atoms with van der Waals surface area (Å²) in [6, 6.07) is 6.77. The molecule has 0 spiro atoms. The molecule has 2 rings (SSSR count). The largest absolute Gasteiger partial charge is 0.493 e. The lowest BCUT2D eigenvalue weighted by atomic mass is 10.1. The molecule has 2 atom stereocenters. The molecule has 1 unspecified atom stereocenters. The second-order valence-corrected chi connectivity index (χ2v) is 6.24. The predicted molar refractivity (Wildman–Crippen MR) is 82.5 cm³/mol. The van der Waals surface area contributed by atoms with E-state index >= 15 is 0 Å². The molecule has 2 N–H and O–H groups in total. The quantitative estimate of drug-likeness (QED) is 0.901. The Labute approximate surface area is 124 Å². The highest BCUT2D eigenvalue weighted by Crippen LogP contribution is 2.27. The fourth-order valence-corrected chi connectivity index (χ4v) is 3.34. The normalized spacial score (nSPS) is 21.6. The van der Waals surface area contributed by atoms with Gasteiger partial charge in [0.1, 0.15) is 5.75 Å². The standard InChI is InChI=1S/C15H23BrN2O/c1-11(17)14-6-5-13(10-15(14)16)19-9-7-12-4-3-8-18(12)2/h5-6,10-12H,3-4,7-9,17H2,1-2H3/t11-,12?/m1/s1. The summed E-state index contributed by atoms with van der Waals surface area (Å²) in [5, 5.41) is 0. The number of nitrogens with zero attached hydrogens (tertiary/aromatic N) is 1. The van der Waals surface area contributed by atoms with E-state index in [0.717, 1.165) is 28.8 Å². The van der Waals surface area contributed by atoms with Crippen LogP contribution >= 0.6 is 15.9 Å². The Bertz CT molecular complexity index is 423. The van der Waals surface area contributed by atoms with Gasteiger partial charge in [-0.15, -0.1) is 0 Å². The van der Waals surface area contributed by atoms with E-state index in [4.69, 9.17) is 10.5 Å². The minimum absolute atomic E-state index is 0.0376. The third-order valence-electron chi connectivity index (χ3n) is 3.85. The van der Waals surface area contributed by atoms with Gasteiger partial charge in [0.05, 0.1) is 6.61 Å². The molecule has 0 saturated carbocycles. The lowest BCUT2D eigenvalue weighted by molar-refractivity contribution is 0.233. The van der Waals surface area contributed by atoms with E-state index in [1.807, 2.05) is 25.1 Å². The van der Waals surface area contributed by atoms with Crippen LogP contribution in [-0.2, 0) is 0 Å². The summed E-state index contributed by atoms with van der Waals surface area (Å²) in [5.41, 5.74) is 7.00. The lowest BCUT2D eigenvalue weighted by Crippen LogP contribution is -2.26. The monoisotopic (exact) mass is 326 g/mol. The zero-order valence-electron chi connectivity index (χ0n) is 11.7. The summed E-state index contributed by atoms with van der Waals surface area (Å²) in [7, 11) is 2.20. The van der Waals surface area contributed by atoms with Gasteiger partial charge in [-0.3, -0.25) is 0 Å². The average molecular weight is 327 g/mol. The molecule has 0 bridgehead atoms. The molecule has 1 heterocycles. The van der Waals surface area contributed by atoms with E-state index in [-0.39, 0.29) is 6.04 Å². The summed E-state index contributed by atoms with van der Waals surface area (Å²) in [6.07, 6.45) is 3.71. The van der Waals surface area contributed by atoms with Crippen molar-refractivity contribution in [3.8, 4) is 5.75 Å². The first-order valence-corrected chi connectivity index (χ1v) is 7.75. The van der Waals surface area contributed by atoms with Gasteiger partial charge in [-0.05, 0) is 57.5 Å². The molecule has 1 aliphatic heterocycles. The number of hydrogen-bond acceptors (Lipinski definition) is 3. The van der Waals surface area contributed by atoms with Crippen molar-refractivity contribution in [1.82, 2.24) is 4.90 Å². The van der Waals surface area contributed by atoms with Crippen LogP contribution in [-0.4, -0.2) is 31.1 Å². The summed E-state index contributed by atoms with van der Waals surface area (Å²) in [6.45, 7) is 3.98. The van der Waals surface area contributed by atoms with Crippen LogP contribution in [0.3, 0.4) is 0 Å². The van der Waals surface area contributed by atoms with Gasteiger partial charge >= 0.3 is 0 Å². The Kier molecular flexibility index (Phi) is 5.25. The van der Waals surface area contributed by atoms with E-state index in [2.05, 4.69) is 27.9 Å². The number of rotatable bonds is 5. The number of benzene rings is 1. The Balaban J connectivity index is 1.84. The lowest BCUT2D eigenvalue weighted by Gasteiger charge is -2.19. The Morgan fingerprint density at radius 2 is 2.32 bits per heavy atom.